The van der Waals surface area contributed by atoms with Gasteiger partial charge < -0.3 is 15.4 Å². The summed E-state index contributed by atoms with van der Waals surface area (Å²) < 4.78 is 5.43. The van der Waals surface area contributed by atoms with Crippen molar-refractivity contribution in [2.24, 2.45) is 0 Å². The standard InChI is InChI=1S/C24H22N4O2/c1-3-30-19-13-11-17(12-14-19)26-24(29)23-27-21-10-5-4-9-20(21)22(28-23)25-18-8-6-7-16(2)15-18/h4-15H,3H2,1-2H3,(H,26,29)(H,25,27,28). The second-order valence-electron chi connectivity index (χ2n) is 6.82. The summed E-state index contributed by atoms with van der Waals surface area (Å²) in [6.07, 6.45) is 0. The number of nitrogens with zero attached hydrogens (tertiary/aromatic N) is 2. The third-order valence-corrected chi connectivity index (χ3v) is 4.51. The van der Waals surface area contributed by atoms with Gasteiger partial charge in [-0.15, -0.1) is 0 Å². The average molecular weight is 398 g/mol. The van der Waals surface area contributed by atoms with Crippen LogP contribution in [0.2, 0.25) is 0 Å². The molecule has 30 heavy (non-hydrogen) atoms. The maximum absolute atomic E-state index is 12.8. The Bertz CT molecular complexity index is 1190. The second kappa shape index (κ2) is 8.61. The van der Waals surface area contributed by atoms with Crippen molar-refractivity contribution in [3.05, 3.63) is 84.2 Å². The number of benzene rings is 3. The van der Waals surface area contributed by atoms with Gasteiger partial charge in [0.05, 0.1) is 12.1 Å². The maximum Gasteiger partial charge on any atom is 0.293 e. The number of aromatic nitrogens is 2. The van der Waals surface area contributed by atoms with Crippen molar-refractivity contribution in [2.45, 2.75) is 13.8 Å². The summed E-state index contributed by atoms with van der Waals surface area (Å²) in [6, 6.07) is 22.8. The molecule has 1 heterocycles. The van der Waals surface area contributed by atoms with Gasteiger partial charge in [-0.25, -0.2) is 9.97 Å². The van der Waals surface area contributed by atoms with Gasteiger partial charge >= 0.3 is 0 Å². The summed E-state index contributed by atoms with van der Waals surface area (Å²) in [5.41, 5.74) is 3.37. The van der Waals surface area contributed by atoms with Crippen LogP contribution < -0.4 is 15.4 Å². The molecule has 150 valence electrons. The largest absolute Gasteiger partial charge is 0.494 e. The molecule has 0 fully saturated rings. The number of carbonyl (C=O) groups excluding carboxylic acids is 1. The first kappa shape index (κ1) is 19.4. The quantitative estimate of drug-likeness (QED) is 0.459. The van der Waals surface area contributed by atoms with Crippen LogP contribution in [0.1, 0.15) is 23.1 Å². The molecule has 0 unspecified atom stereocenters. The molecule has 2 N–H and O–H groups in total. The molecule has 0 saturated carbocycles. The minimum atomic E-state index is -0.378. The first-order chi connectivity index (χ1) is 14.6. The van der Waals surface area contributed by atoms with E-state index < -0.39 is 0 Å². The Labute approximate surface area is 175 Å². The molecule has 4 aromatic rings. The maximum atomic E-state index is 12.8. The van der Waals surface area contributed by atoms with E-state index in [9.17, 15) is 4.79 Å². The van der Waals surface area contributed by atoms with E-state index in [1.165, 1.54) is 0 Å². The topological polar surface area (TPSA) is 76.1 Å². The first-order valence-electron chi connectivity index (χ1n) is 9.77. The van der Waals surface area contributed by atoms with Crippen molar-refractivity contribution in [1.29, 1.82) is 0 Å². The molecule has 6 heteroatoms. The monoisotopic (exact) mass is 398 g/mol. The second-order valence-corrected chi connectivity index (χ2v) is 6.82. The van der Waals surface area contributed by atoms with E-state index in [1.807, 2.05) is 74.5 Å². The summed E-state index contributed by atoms with van der Waals surface area (Å²) in [5, 5.41) is 7.01. The molecule has 3 aromatic carbocycles. The molecule has 0 aliphatic carbocycles. The summed E-state index contributed by atoms with van der Waals surface area (Å²) in [7, 11) is 0. The molecule has 0 radical (unpaired) electrons. The molecule has 0 saturated heterocycles. The minimum absolute atomic E-state index is 0.0951. The molecule has 1 aromatic heterocycles. The zero-order chi connectivity index (χ0) is 20.9. The predicted molar refractivity (Wildman–Crippen MR) is 120 cm³/mol. The van der Waals surface area contributed by atoms with Crippen LogP contribution in [0.5, 0.6) is 5.75 Å². The van der Waals surface area contributed by atoms with E-state index in [0.29, 0.717) is 23.6 Å². The zero-order valence-electron chi connectivity index (χ0n) is 16.8. The molecule has 0 spiro atoms. The third kappa shape index (κ3) is 4.38. The fourth-order valence-corrected chi connectivity index (χ4v) is 3.12. The molecule has 0 atom stereocenters. The number of nitrogens with one attached hydrogen (secondary N) is 2. The van der Waals surface area contributed by atoms with Crippen LogP contribution in [0.25, 0.3) is 10.9 Å². The predicted octanol–water partition coefficient (Wildman–Crippen LogP) is 5.33. The Morgan fingerprint density at radius 2 is 1.73 bits per heavy atom. The molecular weight excluding hydrogens is 376 g/mol. The summed E-state index contributed by atoms with van der Waals surface area (Å²) in [5.74, 6) is 1.06. The smallest absolute Gasteiger partial charge is 0.293 e. The van der Waals surface area contributed by atoms with Gasteiger partial charge in [0.2, 0.25) is 5.82 Å². The van der Waals surface area contributed by atoms with Crippen molar-refractivity contribution < 1.29 is 9.53 Å². The van der Waals surface area contributed by atoms with Crippen LogP contribution in [-0.4, -0.2) is 22.5 Å². The van der Waals surface area contributed by atoms with E-state index in [4.69, 9.17) is 4.74 Å². The number of hydrogen-bond acceptors (Lipinski definition) is 5. The van der Waals surface area contributed by atoms with Crippen molar-refractivity contribution in [3.63, 3.8) is 0 Å². The van der Waals surface area contributed by atoms with Gasteiger partial charge in [0, 0.05) is 16.8 Å². The SMILES string of the molecule is CCOc1ccc(NC(=O)c2nc(Nc3cccc(C)c3)c3ccccc3n2)cc1. The Morgan fingerprint density at radius 3 is 2.50 bits per heavy atom. The van der Waals surface area contributed by atoms with Gasteiger partial charge in [-0.3, -0.25) is 4.79 Å². The number of rotatable bonds is 6. The molecule has 0 bridgehead atoms. The van der Waals surface area contributed by atoms with Gasteiger partial charge in [-0.2, -0.15) is 0 Å². The van der Waals surface area contributed by atoms with Gasteiger partial charge in [0.15, 0.2) is 0 Å². The van der Waals surface area contributed by atoms with Crippen LogP contribution >= 0.6 is 0 Å². The summed E-state index contributed by atoms with van der Waals surface area (Å²) in [4.78, 5) is 21.8. The van der Waals surface area contributed by atoms with Crippen LogP contribution in [0.3, 0.4) is 0 Å². The number of ether oxygens (including phenoxy) is 1. The highest BCUT2D eigenvalue weighted by Crippen LogP contribution is 2.25. The van der Waals surface area contributed by atoms with E-state index in [0.717, 1.165) is 22.4 Å². The van der Waals surface area contributed by atoms with Crippen LogP contribution in [0.4, 0.5) is 17.2 Å². The molecular formula is C24H22N4O2. The lowest BCUT2D eigenvalue weighted by molar-refractivity contribution is 0.101. The number of anilines is 3. The van der Waals surface area contributed by atoms with Gasteiger partial charge in [-0.1, -0.05) is 24.3 Å². The molecule has 0 aliphatic rings. The Morgan fingerprint density at radius 1 is 0.933 bits per heavy atom. The highest BCUT2D eigenvalue weighted by molar-refractivity contribution is 6.04. The molecule has 0 aliphatic heterocycles. The lowest BCUT2D eigenvalue weighted by atomic mass is 10.2. The molecule has 1 amide bonds. The number of carbonyl (C=O) groups is 1. The average Bonchev–Trinajstić information content (AvgIpc) is 2.75. The zero-order valence-corrected chi connectivity index (χ0v) is 16.8. The van der Waals surface area contributed by atoms with Gasteiger partial charge in [-0.05, 0) is 67.9 Å². The number of para-hydroxylation sites is 1. The van der Waals surface area contributed by atoms with E-state index in [2.05, 4.69) is 20.6 Å². The highest BCUT2D eigenvalue weighted by Gasteiger charge is 2.15. The molecule has 4 rings (SSSR count). The first-order valence-corrected chi connectivity index (χ1v) is 9.77. The fraction of sp³-hybridized carbons (Fsp3) is 0.125. The van der Waals surface area contributed by atoms with Crippen LogP contribution in [0, 0.1) is 6.92 Å². The Hall–Kier alpha value is -3.93. The van der Waals surface area contributed by atoms with E-state index in [1.54, 1.807) is 12.1 Å². The van der Waals surface area contributed by atoms with Gasteiger partial charge in [0.25, 0.3) is 5.91 Å². The third-order valence-electron chi connectivity index (χ3n) is 4.51. The fourth-order valence-electron chi connectivity index (χ4n) is 3.12. The van der Waals surface area contributed by atoms with E-state index >= 15 is 0 Å². The Balaban J connectivity index is 1.64. The highest BCUT2D eigenvalue weighted by atomic mass is 16.5. The molecule has 6 nitrogen and oxygen atoms in total. The van der Waals surface area contributed by atoms with Crippen molar-refractivity contribution in [3.8, 4) is 5.75 Å². The lowest BCUT2D eigenvalue weighted by Crippen LogP contribution is -2.16. The van der Waals surface area contributed by atoms with E-state index in [-0.39, 0.29) is 11.7 Å². The lowest BCUT2D eigenvalue weighted by Gasteiger charge is -2.12. The number of hydrogen-bond donors (Lipinski definition) is 2. The van der Waals surface area contributed by atoms with Crippen molar-refractivity contribution in [2.75, 3.05) is 17.2 Å². The van der Waals surface area contributed by atoms with Crippen LogP contribution in [0.15, 0.2) is 72.8 Å². The minimum Gasteiger partial charge on any atom is -0.494 e. The van der Waals surface area contributed by atoms with Crippen molar-refractivity contribution in [1.82, 2.24) is 9.97 Å². The number of fused-ring (bicyclic) bond motifs is 1. The van der Waals surface area contributed by atoms with Crippen molar-refractivity contribution >= 4 is 34.0 Å². The van der Waals surface area contributed by atoms with Crippen LogP contribution in [-0.2, 0) is 0 Å². The number of aryl methyl sites for hydroxylation is 1. The summed E-state index contributed by atoms with van der Waals surface area (Å²) in [6.45, 7) is 4.54. The summed E-state index contributed by atoms with van der Waals surface area (Å²) >= 11 is 0. The number of amides is 1. The van der Waals surface area contributed by atoms with Gasteiger partial charge in [0.1, 0.15) is 11.6 Å². The Kier molecular flexibility index (Phi) is 5.57. The normalized spacial score (nSPS) is 10.6.